The Labute approximate surface area is 105 Å². The van der Waals surface area contributed by atoms with E-state index in [0.29, 0.717) is 18.7 Å². The number of rotatable bonds is 6. The van der Waals surface area contributed by atoms with Crippen LogP contribution in [0.25, 0.3) is 0 Å². The van der Waals surface area contributed by atoms with E-state index in [0.717, 1.165) is 0 Å². The van der Waals surface area contributed by atoms with Gasteiger partial charge < -0.3 is 9.84 Å². The number of aliphatic hydroxyl groups is 1. The van der Waals surface area contributed by atoms with Crippen LogP contribution < -0.4 is 0 Å². The van der Waals surface area contributed by atoms with Crippen molar-refractivity contribution in [2.45, 2.75) is 38.8 Å². The van der Waals surface area contributed by atoms with Crippen LogP contribution in [0.5, 0.6) is 0 Å². The molecular formula is C10H16ClN3O3. The molecule has 0 aliphatic rings. The van der Waals surface area contributed by atoms with Gasteiger partial charge in [-0.3, -0.25) is 0 Å². The zero-order chi connectivity index (χ0) is 12.8. The molecule has 0 aliphatic carbocycles. The molecule has 0 aliphatic heterocycles. The number of carbonyl (C=O) groups excluding carboxylic acids is 1. The SMILES string of the molecule is CCOC(=O)c1nnn(CCC(C)O)c1CCl. The molecule has 0 radical (unpaired) electrons. The Hall–Kier alpha value is -1.14. The van der Waals surface area contributed by atoms with Gasteiger partial charge in [-0.2, -0.15) is 0 Å². The number of hydrogen-bond acceptors (Lipinski definition) is 5. The second-order valence-corrected chi connectivity index (χ2v) is 3.87. The van der Waals surface area contributed by atoms with Crippen LogP contribution in [-0.4, -0.2) is 38.8 Å². The Kier molecular flexibility index (Phi) is 5.37. The summed E-state index contributed by atoms with van der Waals surface area (Å²) >= 11 is 5.77. The fourth-order valence-electron chi connectivity index (χ4n) is 1.31. The Morgan fingerprint density at radius 1 is 1.65 bits per heavy atom. The molecule has 1 N–H and O–H groups in total. The molecule has 0 amide bonds. The van der Waals surface area contributed by atoms with E-state index in [1.54, 1.807) is 13.8 Å². The van der Waals surface area contributed by atoms with Gasteiger partial charge >= 0.3 is 5.97 Å². The predicted octanol–water partition coefficient (Wildman–Crippen LogP) is 0.965. The summed E-state index contributed by atoms with van der Waals surface area (Å²) in [7, 11) is 0. The molecule has 7 heteroatoms. The summed E-state index contributed by atoms with van der Waals surface area (Å²) in [6.45, 7) is 4.15. The number of carbonyl (C=O) groups is 1. The minimum atomic E-state index is -0.522. The first-order chi connectivity index (χ1) is 8.10. The molecule has 0 fully saturated rings. The molecule has 17 heavy (non-hydrogen) atoms. The summed E-state index contributed by atoms with van der Waals surface area (Å²) in [4.78, 5) is 11.5. The minimum absolute atomic E-state index is 0.126. The van der Waals surface area contributed by atoms with Crippen LogP contribution in [0.15, 0.2) is 0 Å². The number of hydrogen-bond donors (Lipinski definition) is 1. The van der Waals surface area contributed by atoms with E-state index in [1.165, 1.54) is 4.68 Å². The van der Waals surface area contributed by atoms with Crippen molar-refractivity contribution in [2.24, 2.45) is 0 Å². The molecule has 0 spiro atoms. The fraction of sp³-hybridized carbons (Fsp3) is 0.700. The number of aromatic nitrogens is 3. The molecule has 6 nitrogen and oxygen atoms in total. The van der Waals surface area contributed by atoms with Gasteiger partial charge in [0.05, 0.1) is 24.3 Å². The first-order valence-electron chi connectivity index (χ1n) is 5.43. The monoisotopic (exact) mass is 261 g/mol. The van der Waals surface area contributed by atoms with Gasteiger partial charge in [0.25, 0.3) is 0 Å². The van der Waals surface area contributed by atoms with E-state index in [9.17, 15) is 9.90 Å². The number of halogens is 1. The summed E-state index contributed by atoms with van der Waals surface area (Å²) in [5.74, 6) is -0.396. The van der Waals surface area contributed by atoms with Crippen molar-refractivity contribution in [2.75, 3.05) is 6.61 Å². The summed E-state index contributed by atoms with van der Waals surface area (Å²) in [5, 5.41) is 16.8. The number of ether oxygens (including phenoxy) is 1. The fourth-order valence-corrected chi connectivity index (χ4v) is 1.58. The quantitative estimate of drug-likeness (QED) is 0.610. The maximum atomic E-state index is 11.5. The van der Waals surface area contributed by atoms with Crippen LogP contribution >= 0.6 is 11.6 Å². The van der Waals surface area contributed by atoms with Gasteiger partial charge in [0.2, 0.25) is 0 Å². The van der Waals surface area contributed by atoms with E-state index in [1.807, 2.05) is 0 Å². The van der Waals surface area contributed by atoms with E-state index >= 15 is 0 Å². The van der Waals surface area contributed by atoms with E-state index in [2.05, 4.69) is 10.3 Å². The van der Waals surface area contributed by atoms with Crippen molar-refractivity contribution in [3.63, 3.8) is 0 Å². The molecule has 0 aromatic carbocycles. The third kappa shape index (κ3) is 3.67. The Morgan fingerprint density at radius 2 is 2.35 bits per heavy atom. The van der Waals surface area contributed by atoms with Crippen LogP contribution in [0.4, 0.5) is 0 Å². The first-order valence-corrected chi connectivity index (χ1v) is 5.97. The van der Waals surface area contributed by atoms with Gasteiger partial charge in [0, 0.05) is 6.54 Å². The van der Waals surface area contributed by atoms with Crippen molar-refractivity contribution in [1.82, 2.24) is 15.0 Å². The van der Waals surface area contributed by atoms with Crippen LogP contribution in [0.2, 0.25) is 0 Å². The minimum Gasteiger partial charge on any atom is -0.461 e. The van der Waals surface area contributed by atoms with Gasteiger partial charge in [-0.25, -0.2) is 9.48 Å². The summed E-state index contributed by atoms with van der Waals surface area (Å²) in [6.07, 6.45) is 0.0867. The molecule has 1 aromatic heterocycles. The third-order valence-electron chi connectivity index (χ3n) is 2.19. The first kappa shape index (κ1) is 13.9. The molecule has 1 atom stereocenters. The van der Waals surface area contributed by atoms with Gasteiger partial charge in [-0.05, 0) is 20.3 Å². The highest BCUT2D eigenvalue weighted by Crippen LogP contribution is 2.11. The summed E-state index contributed by atoms with van der Waals surface area (Å²) in [5.41, 5.74) is 0.665. The van der Waals surface area contributed by atoms with Crippen molar-refractivity contribution < 1.29 is 14.6 Å². The lowest BCUT2D eigenvalue weighted by Crippen LogP contribution is -2.12. The van der Waals surface area contributed by atoms with Crippen LogP contribution in [0.3, 0.4) is 0 Å². The second kappa shape index (κ2) is 6.56. The van der Waals surface area contributed by atoms with E-state index in [4.69, 9.17) is 16.3 Å². The van der Waals surface area contributed by atoms with Gasteiger partial charge in [-0.15, -0.1) is 16.7 Å². The third-order valence-corrected chi connectivity index (χ3v) is 2.44. The molecule has 0 bridgehead atoms. The van der Waals surface area contributed by atoms with Gasteiger partial charge in [-0.1, -0.05) is 5.21 Å². The number of aryl methyl sites for hydroxylation is 1. The summed E-state index contributed by atoms with van der Waals surface area (Å²) < 4.78 is 6.37. The largest absolute Gasteiger partial charge is 0.461 e. The van der Waals surface area contributed by atoms with Crippen LogP contribution in [-0.2, 0) is 17.2 Å². The molecule has 1 heterocycles. The molecule has 1 unspecified atom stereocenters. The van der Waals surface area contributed by atoms with Crippen molar-refractivity contribution in [1.29, 1.82) is 0 Å². The highest BCUT2D eigenvalue weighted by Gasteiger charge is 2.19. The average Bonchev–Trinajstić information content (AvgIpc) is 2.69. The van der Waals surface area contributed by atoms with Crippen molar-refractivity contribution in [3.05, 3.63) is 11.4 Å². The van der Waals surface area contributed by atoms with Crippen molar-refractivity contribution in [3.8, 4) is 0 Å². The second-order valence-electron chi connectivity index (χ2n) is 3.60. The molecular weight excluding hydrogens is 246 g/mol. The summed E-state index contributed by atoms with van der Waals surface area (Å²) in [6, 6.07) is 0. The number of esters is 1. The standard InChI is InChI=1S/C10H16ClN3O3/c1-3-17-10(16)9-8(6-11)14(13-12-9)5-4-7(2)15/h7,15H,3-6H2,1-2H3. The Bertz CT molecular complexity index is 379. The van der Waals surface area contributed by atoms with Crippen LogP contribution in [0.1, 0.15) is 36.5 Å². The predicted molar refractivity (Wildman–Crippen MR) is 61.8 cm³/mol. The lowest BCUT2D eigenvalue weighted by atomic mass is 10.3. The van der Waals surface area contributed by atoms with Gasteiger partial charge in [0.1, 0.15) is 0 Å². The molecule has 1 aromatic rings. The number of alkyl halides is 1. The maximum absolute atomic E-state index is 11.5. The van der Waals surface area contributed by atoms with Crippen molar-refractivity contribution >= 4 is 17.6 Å². The number of nitrogens with zero attached hydrogens (tertiary/aromatic N) is 3. The van der Waals surface area contributed by atoms with E-state index < -0.39 is 12.1 Å². The van der Waals surface area contributed by atoms with Crippen LogP contribution in [0, 0.1) is 0 Å². The van der Waals surface area contributed by atoms with E-state index in [-0.39, 0.29) is 18.2 Å². The topological polar surface area (TPSA) is 77.2 Å². The highest BCUT2D eigenvalue weighted by atomic mass is 35.5. The normalized spacial score (nSPS) is 12.5. The smallest absolute Gasteiger partial charge is 0.360 e. The Balaban J connectivity index is 2.83. The number of aliphatic hydroxyl groups excluding tert-OH is 1. The highest BCUT2D eigenvalue weighted by molar-refractivity contribution is 6.17. The molecule has 96 valence electrons. The van der Waals surface area contributed by atoms with Gasteiger partial charge in [0.15, 0.2) is 5.69 Å². The molecule has 1 rings (SSSR count). The molecule has 0 saturated heterocycles. The maximum Gasteiger partial charge on any atom is 0.360 e. The zero-order valence-electron chi connectivity index (χ0n) is 9.89. The Morgan fingerprint density at radius 3 is 2.88 bits per heavy atom. The zero-order valence-corrected chi connectivity index (χ0v) is 10.6. The lowest BCUT2D eigenvalue weighted by Gasteiger charge is -2.06. The average molecular weight is 262 g/mol. The molecule has 0 saturated carbocycles. The lowest BCUT2D eigenvalue weighted by molar-refractivity contribution is 0.0518.